The highest BCUT2D eigenvalue weighted by Crippen LogP contribution is 2.29. The number of benzene rings is 1. The Kier molecular flexibility index (Phi) is 3.93. The molecule has 0 spiro atoms. The van der Waals surface area contributed by atoms with E-state index in [0.717, 1.165) is 0 Å². The molecule has 5 heteroatoms. The van der Waals surface area contributed by atoms with Crippen LogP contribution in [0.1, 0.15) is 18.6 Å². The summed E-state index contributed by atoms with van der Waals surface area (Å²) in [5, 5.41) is 9.58. The molecule has 0 amide bonds. The standard InChI is InChI=1S/C13H11BrFNO2/c1-8(17)10-3-2-6-16-13(10)18-9-4-5-11(14)12(15)7-9/h2-8,17H,1H3. The fourth-order valence-electron chi connectivity index (χ4n) is 1.46. The fourth-order valence-corrected chi connectivity index (χ4v) is 1.71. The molecule has 0 radical (unpaired) electrons. The van der Waals surface area contributed by atoms with Crippen molar-refractivity contribution in [3.63, 3.8) is 0 Å². The van der Waals surface area contributed by atoms with Crippen LogP contribution in [0.15, 0.2) is 41.0 Å². The van der Waals surface area contributed by atoms with Crippen molar-refractivity contribution in [1.82, 2.24) is 4.98 Å². The van der Waals surface area contributed by atoms with Gasteiger partial charge in [0.1, 0.15) is 11.6 Å². The second-order valence-corrected chi connectivity index (χ2v) is 4.61. The van der Waals surface area contributed by atoms with Crippen molar-refractivity contribution in [1.29, 1.82) is 0 Å². The van der Waals surface area contributed by atoms with Gasteiger partial charge in [0.25, 0.3) is 0 Å². The Labute approximate surface area is 112 Å². The van der Waals surface area contributed by atoms with Crippen LogP contribution in [0.2, 0.25) is 0 Å². The molecule has 2 rings (SSSR count). The first-order valence-corrected chi connectivity index (χ1v) is 6.13. The number of nitrogens with zero attached hydrogens (tertiary/aromatic N) is 1. The topological polar surface area (TPSA) is 42.4 Å². The smallest absolute Gasteiger partial charge is 0.225 e. The molecule has 0 aliphatic heterocycles. The molecule has 1 N–H and O–H groups in total. The van der Waals surface area contributed by atoms with Crippen LogP contribution in [-0.4, -0.2) is 10.1 Å². The normalized spacial score (nSPS) is 12.2. The Morgan fingerprint density at radius 3 is 2.83 bits per heavy atom. The zero-order valence-electron chi connectivity index (χ0n) is 9.60. The van der Waals surface area contributed by atoms with Crippen molar-refractivity contribution >= 4 is 15.9 Å². The van der Waals surface area contributed by atoms with Crippen molar-refractivity contribution < 1.29 is 14.2 Å². The van der Waals surface area contributed by atoms with E-state index >= 15 is 0 Å². The molecule has 0 saturated carbocycles. The SMILES string of the molecule is CC(O)c1cccnc1Oc1ccc(Br)c(F)c1. The van der Waals surface area contributed by atoms with E-state index in [1.54, 1.807) is 37.4 Å². The predicted octanol–water partition coefficient (Wildman–Crippen LogP) is 3.83. The monoisotopic (exact) mass is 311 g/mol. The molecule has 1 unspecified atom stereocenters. The van der Waals surface area contributed by atoms with E-state index in [9.17, 15) is 9.50 Å². The van der Waals surface area contributed by atoms with Crippen LogP contribution >= 0.6 is 15.9 Å². The van der Waals surface area contributed by atoms with Crippen molar-refractivity contribution in [2.75, 3.05) is 0 Å². The van der Waals surface area contributed by atoms with Gasteiger partial charge in [0, 0.05) is 17.8 Å². The zero-order chi connectivity index (χ0) is 13.1. The number of rotatable bonds is 3. The molecule has 3 nitrogen and oxygen atoms in total. The Hall–Kier alpha value is -1.46. The van der Waals surface area contributed by atoms with E-state index in [2.05, 4.69) is 20.9 Å². The van der Waals surface area contributed by atoms with Gasteiger partial charge in [0.2, 0.25) is 5.88 Å². The van der Waals surface area contributed by atoms with Gasteiger partial charge >= 0.3 is 0 Å². The quantitative estimate of drug-likeness (QED) is 0.936. The first kappa shape index (κ1) is 13.0. The molecule has 0 aliphatic carbocycles. The number of aromatic nitrogens is 1. The van der Waals surface area contributed by atoms with Crippen molar-refractivity contribution in [2.45, 2.75) is 13.0 Å². The molecule has 1 heterocycles. The lowest BCUT2D eigenvalue weighted by Gasteiger charge is -2.11. The van der Waals surface area contributed by atoms with Gasteiger partial charge in [-0.1, -0.05) is 0 Å². The average Bonchev–Trinajstić information content (AvgIpc) is 2.34. The number of hydrogen-bond acceptors (Lipinski definition) is 3. The summed E-state index contributed by atoms with van der Waals surface area (Å²) in [4.78, 5) is 4.03. The molecule has 0 bridgehead atoms. The lowest BCUT2D eigenvalue weighted by Crippen LogP contribution is -1.98. The number of ether oxygens (including phenoxy) is 1. The summed E-state index contributed by atoms with van der Waals surface area (Å²) >= 11 is 3.07. The lowest BCUT2D eigenvalue weighted by molar-refractivity contribution is 0.194. The number of aliphatic hydroxyl groups excluding tert-OH is 1. The van der Waals surface area contributed by atoms with E-state index in [1.807, 2.05) is 0 Å². The molecule has 0 aliphatic rings. The maximum atomic E-state index is 13.3. The summed E-state index contributed by atoms with van der Waals surface area (Å²) in [7, 11) is 0. The Morgan fingerprint density at radius 1 is 1.39 bits per heavy atom. The Morgan fingerprint density at radius 2 is 2.17 bits per heavy atom. The van der Waals surface area contributed by atoms with Gasteiger partial charge in [-0.25, -0.2) is 9.37 Å². The molecule has 0 saturated heterocycles. The van der Waals surface area contributed by atoms with E-state index in [4.69, 9.17) is 4.74 Å². The summed E-state index contributed by atoms with van der Waals surface area (Å²) in [6.07, 6.45) is 0.852. The second kappa shape index (κ2) is 5.46. The summed E-state index contributed by atoms with van der Waals surface area (Å²) in [5.41, 5.74) is 0.556. The largest absolute Gasteiger partial charge is 0.439 e. The van der Waals surface area contributed by atoms with Crippen LogP contribution in [0.25, 0.3) is 0 Å². The Bertz CT molecular complexity index is 560. The van der Waals surface area contributed by atoms with Crippen molar-refractivity contribution in [3.05, 3.63) is 52.4 Å². The number of aliphatic hydroxyl groups is 1. The highest BCUT2D eigenvalue weighted by Gasteiger charge is 2.11. The summed E-state index contributed by atoms with van der Waals surface area (Å²) < 4.78 is 19.2. The molecule has 94 valence electrons. The first-order chi connectivity index (χ1) is 8.58. The molecule has 1 atom stereocenters. The van der Waals surface area contributed by atoms with E-state index in [0.29, 0.717) is 15.8 Å². The van der Waals surface area contributed by atoms with Crippen LogP contribution in [0.3, 0.4) is 0 Å². The van der Waals surface area contributed by atoms with Crippen LogP contribution in [0.5, 0.6) is 11.6 Å². The maximum absolute atomic E-state index is 13.3. The van der Waals surface area contributed by atoms with Crippen molar-refractivity contribution in [3.8, 4) is 11.6 Å². The molecule has 18 heavy (non-hydrogen) atoms. The van der Waals surface area contributed by atoms with Gasteiger partial charge in [-0.3, -0.25) is 0 Å². The number of halogens is 2. The minimum Gasteiger partial charge on any atom is -0.439 e. The first-order valence-electron chi connectivity index (χ1n) is 5.34. The van der Waals surface area contributed by atoms with Gasteiger partial charge in [-0.05, 0) is 47.1 Å². The average molecular weight is 312 g/mol. The van der Waals surface area contributed by atoms with Gasteiger partial charge in [-0.15, -0.1) is 0 Å². The lowest BCUT2D eigenvalue weighted by atomic mass is 10.2. The Balaban J connectivity index is 2.31. The van der Waals surface area contributed by atoms with E-state index in [-0.39, 0.29) is 5.88 Å². The predicted molar refractivity (Wildman–Crippen MR) is 69.0 cm³/mol. The third-order valence-corrected chi connectivity index (χ3v) is 3.00. The molecule has 0 fully saturated rings. The summed E-state index contributed by atoms with van der Waals surface area (Å²) in [6, 6.07) is 7.84. The van der Waals surface area contributed by atoms with Crippen LogP contribution in [0, 0.1) is 5.82 Å². The summed E-state index contributed by atoms with van der Waals surface area (Å²) in [6.45, 7) is 1.62. The fraction of sp³-hybridized carbons (Fsp3) is 0.154. The minimum atomic E-state index is -0.700. The molecular weight excluding hydrogens is 301 g/mol. The van der Waals surface area contributed by atoms with Gasteiger partial charge in [0.05, 0.1) is 10.6 Å². The van der Waals surface area contributed by atoms with Crippen molar-refractivity contribution in [2.24, 2.45) is 0 Å². The maximum Gasteiger partial charge on any atom is 0.225 e. The van der Waals surface area contributed by atoms with Gasteiger partial charge < -0.3 is 9.84 Å². The van der Waals surface area contributed by atoms with Crippen LogP contribution < -0.4 is 4.74 Å². The highest BCUT2D eigenvalue weighted by atomic mass is 79.9. The minimum absolute atomic E-state index is 0.272. The molecule has 1 aromatic heterocycles. The summed E-state index contributed by atoms with van der Waals surface area (Å²) in [5.74, 6) is 0.188. The third-order valence-electron chi connectivity index (χ3n) is 2.36. The zero-order valence-corrected chi connectivity index (χ0v) is 11.2. The number of pyridine rings is 1. The molecular formula is C13H11BrFNO2. The van der Waals surface area contributed by atoms with E-state index < -0.39 is 11.9 Å². The van der Waals surface area contributed by atoms with Gasteiger partial charge in [-0.2, -0.15) is 0 Å². The highest BCUT2D eigenvalue weighted by molar-refractivity contribution is 9.10. The van der Waals surface area contributed by atoms with E-state index in [1.165, 1.54) is 6.07 Å². The third kappa shape index (κ3) is 2.86. The van der Waals surface area contributed by atoms with Crippen LogP contribution in [0.4, 0.5) is 4.39 Å². The molecule has 1 aromatic carbocycles. The second-order valence-electron chi connectivity index (χ2n) is 3.75. The van der Waals surface area contributed by atoms with Crippen LogP contribution in [-0.2, 0) is 0 Å². The molecule has 2 aromatic rings. The van der Waals surface area contributed by atoms with Gasteiger partial charge in [0.15, 0.2) is 0 Å². The number of hydrogen-bond donors (Lipinski definition) is 1.